The Morgan fingerprint density at radius 2 is 2.35 bits per heavy atom. The third kappa shape index (κ3) is 2.86. The third-order valence-corrected chi connectivity index (χ3v) is 4.86. The SMILES string of the molecule is CCc1cnc(CNC(C)c2ccc3c(c2)CCO3)s1. The summed E-state index contributed by atoms with van der Waals surface area (Å²) in [7, 11) is 0. The molecule has 1 atom stereocenters. The Morgan fingerprint density at radius 3 is 3.15 bits per heavy atom. The van der Waals surface area contributed by atoms with Crippen LogP contribution in [-0.2, 0) is 19.4 Å². The standard InChI is InChI=1S/C16H20N2OS/c1-3-14-9-18-16(20-14)10-17-11(2)12-4-5-15-13(8-12)6-7-19-15/h4-5,8-9,11,17H,3,6-7,10H2,1-2H3. The summed E-state index contributed by atoms with van der Waals surface area (Å²) >= 11 is 1.80. The van der Waals surface area contributed by atoms with Crippen molar-refractivity contribution in [1.82, 2.24) is 10.3 Å². The van der Waals surface area contributed by atoms with Crippen LogP contribution in [0, 0.1) is 0 Å². The predicted octanol–water partition coefficient (Wildman–Crippen LogP) is 3.49. The Labute approximate surface area is 124 Å². The van der Waals surface area contributed by atoms with E-state index in [1.807, 2.05) is 6.20 Å². The van der Waals surface area contributed by atoms with Crippen molar-refractivity contribution in [1.29, 1.82) is 0 Å². The van der Waals surface area contributed by atoms with E-state index >= 15 is 0 Å². The summed E-state index contributed by atoms with van der Waals surface area (Å²) in [6, 6.07) is 6.84. The number of benzene rings is 1. The molecule has 0 aliphatic carbocycles. The number of hydrogen-bond acceptors (Lipinski definition) is 4. The molecule has 0 radical (unpaired) electrons. The Bertz CT molecular complexity index is 594. The van der Waals surface area contributed by atoms with E-state index in [2.05, 4.69) is 42.3 Å². The van der Waals surface area contributed by atoms with Gasteiger partial charge < -0.3 is 10.1 Å². The van der Waals surface area contributed by atoms with Crippen LogP contribution in [0.1, 0.15) is 40.9 Å². The zero-order valence-electron chi connectivity index (χ0n) is 12.0. The van der Waals surface area contributed by atoms with Gasteiger partial charge in [0.15, 0.2) is 0 Å². The number of ether oxygens (including phenoxy) is 1. The molecule has 1 aromatic carbocycles. The van der Waals surface area contributed by atoms with Crippen LogP contribution in [-0.4, -0.2) is 11.6 Å². The fourth-order valence-corrected chi connectivity index (χ4v) is 3.24. The number of hydrogen-bond donors (Lipinski definition) is 1. The van der Waals surface area contributed by atoms with Crippen LogP contribution < -0.4 is 10.1 Å². The normalized spacial score (nSPS) is 14.9. The molecule has 0 amide bonds. The van der Waals surface area contributed by atoms with E-state index in [-0.39, 0.29) is 0 Å². The van der Waals surface area contributed by atoms with Crippen LogP contribution >= 0.6 is 11.3 Å². The first kappa shape index (κ1) is 13.6. The van der Waals surface area contributed by atoms with Crippen LogP contribution in [0.3, 0.4) is 0 Å². The van der Waals surface area contributed by atoms with E-state index in [1.165, 1.54) is 16.0 Å². The predicted molar refractivity (Wildman–Crippen MR) is 82.4 cm³/mol. The van der Waals surface area contributed by atoms with Gasteiger partial charge in [-0.2, -0.15) is 0 Å². The van der Waals surface area contributed by atoms with Gasteiger partial charge in [0.05, 0.1) is 6.61 Å². The lowest BCUT2D eigenvalue weighted by Crippen LogP contribution is -2.18. The van der Waals surface area contributed by atoms with Crippen molar-refractivity contribution in [3.63, 3.8) is 0 Å². The Morgan fingerprint density at radius 1 is 1.45 bits per heavy atom. The maximum absolute atomic E-state index is 5.55. The Hall–Kier alpha value is -1.39. The highest BCUT2D eigenvalue weighted by atomic mass is 32.1. The molecule has 1 aliphatic heterocycles. The molecule has 20 heavy (non-hydrogen) atoms. The molecule has 4 heteroatoms. The molecule has 2 aromatic rings. The highest BCUT2D eigenvalue weighted by Crippen LogP contribution is 2.28. The number of aryl methyl sites for hydroxylation is 1. The summed E-state index contributed by atoms with van der Waals surface area (Å²) in [5, 5.41) is 4.72. The fourth-order valence-electron chi connectivity index (χ4n) is 2.43. The molecule has 0 fully saturated rings. The van der Waals surface area contributed by atoms with Crippen molar-refractivity contribution in [2.75, 3.05) is 6.61 Å². The highest BCUT2D eigenvalue weighted by molar-refractivity contribution is 7.11. The summed E-state index contributed by atoms with van der Waals surface area (Å²) < 4.78 is 5.55. The van der Waals surface area contributed by atoms with Gasteiger partial charge >= 0.3 is 0 Å². The second kappa shape index (κ2) is 5.94. The number of rotatable bonds is 5. The van der Waals surface area contributed by atoms with Crippen molar-refractivity contribution >= 4 is 11.3 Å². The fraction of sp³-hybridized carbons (Fsp3) is 0.438. The molecule has 1 N–H and O–H groups in total. The number of fused-ring (bicyclic) bond motifs is 1. The molecule has 2 heterocycles. The minimum absolute atomic E-state index is 0.329. The van der Waals surface area contributed by atoms with Crippen molar-refractivity contribution in [3.05, 3.63) is 45.4 Å². The van der Waals surface area contributed by atoms with Crippen molar-refractivity contribution < 1.29 is 4.74 Å². The number of nitrogens with zero attached hydrogens (tertiary/aromatic N) is 1. The number of aromatic nitrogens is 1. The minimum Gasteiger partial charge on any atom is -0.493 e. The topological polar surface area (TPSA) is 34.2 Å². The Balaban J connectivity index is 1.62. The minimum atomic E-state index is 0.329. The lowest BCUT2D eigenvalue weighted by molar-refractivity contribution is 0.356. The monoisotopic (exact) mass is 288 g/mol. The quantitative estimate of drug-likeness (QED) is 0.914. The first-order valence-electron chi connectivity index (χ1n) is 7.19. The molecule has 1 aliphatic rings. The van der Waals surface area contributed by atoms with Gasteiger partial charge in [-0.25, -0.2) is 4.98 Å². The molecule has 0 spiro atoms. The van der Waals surface area contributed by atoms with Gasteiger partial charge in [0.25, 0.3) is 0 Å². The van der Waals surface area contributed by atoms with Gasteiger partial charge in [-0.15, -0.1) is 11.3 Å². The van der Waals surface area contributed by atoms with Gasteiger partial charge in [-0.05, 0) is 30.5 Å². The first-order valence-corrected chi connectivity index (χ1v) is 8.00. The molecule has 0 saturated carbocycles. The van der Waals surface area contributed by atoms with E-state index in [1.54, 1.807) is 11.3 Å². The molecule has 0 bridgehead atoms. The van der Waals surface area contributed by atoms with Gasteiger partial charge in [-0.3, -0.25) is 0 Å². The Kier molecular flexibility index (Phi) is 4.03. The lowest BCUT2D eigenvalue weighted by atomic mass is 10.0. The molecule has 1 aromatic heterocycles. The summed E-state index contributed by atoms with van der Waals surface area (Å²) in [6.07, 6.45) is 4.08. The van der Waals surface area contributed by atoms with Crippen molar-refractivity contribution in [2.24, 2.45) is 0 Å². The molecule has 3 rings (SSSR count). The third-order valence-electron chi connectivity index (χ3n) is 3.72. The van der Waals surface area contributed by atoms with E-state index < -0.39 is 0 Å². The van der Waals surface area contributed by atoms with Gasteiger partial charge in [-0.1, -0.05) is 19.1 Å². The second-order valence-electron chi connectivity index (χ2n) is 5.14. The molecular formula is C16H20N2OS. The molecule has 0 saturated heterocycles. The largest absolute Gasteiger partial charge is 0.493 e. The summed E-state index contributed by atoms with van der Waals surface area (Å²) in [4.78, 5) is 5.80. The van der Waals surface area contributed by atoms with Crippen molar-refractivity contribution in [2.45, 2.75) is 39.3 Å². The van der Waals surface area contributed by atoms with Gasteiger partial charge in [0.2, 0.25) is 0 Å². The van der Waals surface area contributed by atoms with Crippen molar-refractivity contribution in [3.8, 4) is 5.75 Å². The van der Waals surface area contributed by atoms with E-state index in [0.29, 0.717) is 6.04 Å². The van der Waals surface area contributed by atoms with Crippen LogP contribution in [0.25, 0.3) is 0 Å². The average Bonchev–Trinajstić information content (AvgIpc) is 3.12. The zero-order valence-corrected chi connectivity index (χ0v) is 12.8. The molecular weight excluding hydrogens is 268 g/mol. The second-order valence-corrected chi connectivity index (χ2v) is 6.34. The summed E-state index contributed by atoms with van der Waals surface area (Å²) in [5.74, 6) is 1.05. The molecule has 3 nitrogen and oxygen atoms in total. The first-order chi connectivity index (χ1) is 9.76. The maximum Gasteiger partial charge on any atom is 0.122 e. The highest BCUT2D eigenvalue weighted by Gasteiger charge is 2.14. The average molecular weight is 288 g/mol. The maximum atomic E-state index is 5.55. The van der Waals surface area contributed by atoms with Crippen LogP contribution in [0.2, 0.25) is 0 Å². The van der Waals surface area contributed by atoms with E-state index in [9.17, 15) is 0 Å². The van der Waals surface area contributed by atoms with Crippen LogP contribution in [0.4, 0.5) is 0 Å². The smallest absolute Gasteiger partial charge is 0.122 e. The zero-order chi connectivity index (χ0) is 13.9. The van der Waals surface area contributed by atoms with Gasteiger partial charge in [0.1, 0.15) is 10.8 Å². The molecule has 1 unspecified atom stereocenters. The summed E-state index contributed by atoms with van der Waals surface area (Å²) in [6.45, 7) is 6.02. The number of thiazole rings is 1. The lowest BCUT2D eigenvalue weighted by Gasteiger charge is -2.14. The van der Waals surface area contributed by atoms with Crippen LogP contribution in [0.5, 0.6) is 5.75 Å². The van der Waals surface area contributed by atoms with E-state index in [0.717, 1.165) is 36.8 Å². The number of nitrogens with one attached hydrogen (secondary N) is 1. The van der Waals surface area contributed by atoms with Crippen LogP contribution in [0.15, 0.2) is 24.4 Å². The molecule has 106 valence electrons. The van der Waals surface area contributed by atoms with E-state index in [4.69, 9.17) is 4.74 Å². The summed E-state index contributed by atoms with van der Waals surface area (Å²) in [5.41, 5.74) is 2.65. The van der Waals surface area contributed by atoms with Gasteiger partial charge in [0, 0.05) is 30.1 Å².